The summed E-state index contributed by atoms with van der Waals surface area (Å²) in [5.41, 5.74) is 2.86. The number of hydrogen-bond acceptors (Lipinski definition) is 6. The van der Waals surface area contributed by atoms with E-state index in [2.05, 4.69) is 9.71 Å². The van der Waals surface area contributed by atoms with E-state index in [4.69, 9.17) is 16.0 Å². The molecule has 0 saturated heterocycles. The van der Waals surface area contributed by atoms with Gasteiger partial charge in [0.25, 0.3) is 10.0 Å². The van der Waals surface area contributed by atoms with Gasteiger partial charge in [0.2, 0.25) is 0 Å². The number of fused-ring (bicyclic) bond motifs is 2. The number of nitrogens with one attached hydrogen (secondary N) is 1. The number of thiazole rings is 1. The topological polar surface area (TPSA) is 94.2 Å². The lowest BCUT2D eigenvalue weighted by Crippen LogP contribution is -2.12. The van der Waals surface area contributed by atoms with Crippen molar-refractivity contribution in [2.75, 3.05) is 4.72 Å². The van der Waals surface area contributed by atoms with Crippen molar-refractivity contribution in [2.24, 2.45) is 7.05 Å². The van der Waals surface area contributed by atoms with Gasteiger partial charge in [-0.25, -0.2) is 18.2 Å². The second kappa shape index (κ2) is 7.23. The summed E-state index contributed by atoms with van der Waals surface area (Å²) in [5.74, 6) is -0.551. The fourth-order valence-electron chi connectivity index (χ4n) is 3.20. The zero-order valence-corrected chi connectivity index (χ0v) is 18.4. The van der Waals surface area contributed by atoms with Gasteiger partial charge in [-0.05, 0) is 54.6 Å². The maximum absolute atomic E-state index is 12.8. The van der Waals surface area contributed by atoms with Crippen LogP contribution in [-0.4, -0.2) is 18.0 Å². The number of hydrogen-bond donors (Lipinski definition) is 1. The lowest BCUT2D eigenvalue weighted by atomic mass is 10.2. The van der Waals surface area contributed by atoms with E-state index in [0.717, 1.165) is 20.8 Å². The molecule has 0 aliphatic heterocycles. The molecular weight excluding hydrogens is 458 g/mol. The summed E-state index contributed by atoms with van der Waals surface area (Å²) in [6, 6.07) is 16.8. The van der Waals surface area contributed by atoms with Crippen LogP contribution in [0.25, 0.3) is 31.9 Å². The van der Waals surface area contributed by atoms with Gasteiger partial charge in [0, 0.05) is 29.4 Å². The highest BCUT2D eigenvalue weighted by Crippen LogP contribution is 2.32. The van der Waals surface area contributed by atoms with E-state index in [1.807, 2.05) is 12.1 Å². The zero-order valence-electron chi connectivity index (χ0n) is 16.0. The van der Waals surface area contributed by atoms with Crippen molar-refractivity contribution in [3.63, 3.8) is 0 Å². The van der Waals surface area contributed by atoms with Gasteiger partial charge >= 0.3 is 5.76 Å². The molecule has 156 valence electrons. The van der Waals surface area contributed by atoms with Crippen LogP contribution in [0, 0.1) is 0 Å². The number of benzene rings is 3. The SMILES string of the molecule is Cn1c(=O)oc2cc(S(=O)(=O)Nc3ccc(-c4nc5ccc(Cl)cc5s4)cc3)ccc21. The number of rotatable bonds is 4. The summed E-state index contributed by atoms with van der Waals surface area (Å²) in [4.78, 5) is 16.2. The molecule has 0 radical (unpaired) electrons. The molecule has 0 bridgehead atoms. The Labute approximate surface area is 185 Å². The van der Waals surface area contributed by atoms with Crippen molar-refractivity contribution in [2.45, 2.75) is 4.90 Å². The Balaban J connectivity index is 1.42. The Morgan fingerprint density at radius 2 is 1.84 bits per heavy atom. The molecule has 7 nitrogen and oxygen atoms in total. The lowest BCUT2D eigenvalue weighted by Gasteiger charge is -2.08. The standard InChI is InChI=1S/C21H14ClN3O4S2/c1-25-17-9-7-15(11-18(17)29-21(25)26)31(27,28)24-14-5-2-12(3-6-14)20-23-16-8-4-13(22)10-19(16)30-20/h2-11,24H,1H3. The lowest BCUT2D eigenvalue weighted by molar-refractivity contribution is 0.527. The number of nitrogens with zero attached hydrogens (tertiary/aromatic N) is 2. The Bertz CT molecular complexity index is 1620. The Hall–Kier alpha value is -3.14. The van der Waals surface area contributed by atoms with Crippen molar-refractivity contribution >= 4 is 60.0 Å². The number of aryl methyl sites for hydroxylation is 1. The van der Waals surface area contributed by atoms with Crippen molar-refractivity contribution in [1.29, 1.82) is 0 Å². The predicted octanol–water partition coefficient (Wildman–Crippen LogP) is 4.86. The molecule has 0 spiro atoms. The van der Waals surface area contributed by atoms with Gasteiger partial charge in [0.15, 0.2) is 5.58 Å². The number of sulfonamides is 1. The second-order valence-electron chi connectivity index (χ2n) is 6.87. The first-order chi connectivity index (χ1) is 14.8. The van der Waals surface area contributed by atoms with Crippen LogP contribution in [0.1, 0.15) is 0 Å². The molecule has 10 heteroatoms. The zero-order chi connectivity index (χ0) is 21.8. The van der Waals surface area contributed by atoms with Gasteiger partial charge in [-0.2, -0.15) is 0 Å². The fraction of sp³-hybridized carbons (Fsp3) is 0.0476. The van der Waals surface area contributed by atoms with E-state index in [0.29, 0.717) is 16.2 Å². The molecular formula is C21H14ClN3O4S2. The van der Waals surface area contributed by atoms with E-state index in [1.54, 1.807) is 37.4 Å². The van der Waals surface area contributed by atoms with Gasteiger partial charge in [-0.15, -0.1) is 11.3 Å². The first-order valence-corrected chi connectivity index (χ1v) is 11.8. The molecule has 5 rings (SSSR count). The van der Waals surface area contributed by atoms with E-state index >= 15 is 0 Å². The normalized spacial score (nSPS) is 11.9. The van der Waals surface area contributed by atoms with Crippen LogP contribution in [0.3, 0.4) is 0 Å². The summed E-state index contributed by atoms with van der Waals surface area (Å²) in [7, 11) is -2.30. The van der Waals surface area contributed by atoms with E-state index < -0.39 is 15.8 Å². The summed E-state index contributed by atoms with van der Waals surface area (Å²) < 4.78 is 35.5. The highest BCUT2D eigenvalue weighted by atomic mass is 35.5. The van der Waals surface area contributed by atoms with Gasteiger partial charge < -0.3 is 4.42 Å². The third-order valence-corrected chi connectivity index (χ3v) is 7.49. The van der Waals surface area contributed by atoms with Gasteiger partial charge in [0.05, 0.1) is 20.6 Å². The minimum absolute atomic E-state index is 0.00137. The first kappa shape index (κ1) is 19.8. The predicted molar refractivity (Wildman–Crippen MR) is 122 cm³/mol. The molecule has 0 saturated carbocycles. The average molecular weight is 472 g/mol. The smallest absolute Gasteiger partial charge is 0.408 e. The molecule has 2 aromatic heterocycles. The maximum atomic E-state index is 12.8. The van der Waals surface area contributed by atoms with Gasteiger partial charge in [-0.1, -0.05) is 11.6 Å². The third kappa shape index (κ3) is 3.60. The molecule has 2 heterocycles. The molecule has 5 aromatic rings. The number of halogens is 1. The van der Waals surface area contributed by atoms with Crippen molar-refractivity contribution in [1.82, 2.24) is 9.55 Å². The minimum atomic E-state index is -3.86. The number of aromatic nitrogens is 2. The number of oxazole rings is 1. The second-order valence-corrected chi connectivity index (χ2v) is 10.0. The number of anilines is 1. The summed E-state index contributed by atoms with van der Waals surface area (Å²) in [6.07, 6.45) is 0. The molecule has 0 aliphatic carbocycles. The first-order valence-electron chi connectivity index (χ1n) is 9.09. The van der Waals surface area contributed by atoms with Gasteiger partial charge in [-0.3, -0.25) is 9.29 Å². The summed E-state index contributed by atoms with van der Waals surface area (Å²) in [6.45, 7) is 0. The van der Waals surface area contributed by atoms with Crippen molar-refractivity contribution in [3.05, 3.63) is 76.2 Å². The van der Waals surface area contributed by atoms with Crippen LogP contribution in [0.2, 0.25) is 5.02 Å². The largest absolute Gasteiger partial charge is 0.419 e. The van der Waals surface area contributed by atoms with Crippen LogP contribution in [0.15, 0.2) is 74.8 Å². The molecule has 0 unspecified atom stereocenters. The Kier molecular flexibility index (Phi) is 4.62. The quantitative estimate of drug-likeness (QED) is 0.404. The fourth-order valence-corrected chi connectivity index (χ4v) is 5.52. The monoisotopic (exact) mass is 471 g/mol. The molecule has 31 heavy (non-hydrogen) atoms. The van der Waals surface area contributed by atoms with Gasteiger partial charge in [0.1, 0.15) is 5.01 Å². The van der Waals surface area contributed by atoms with Crippen LogP contribution in [0.4, 0.5) is 5.69 Å². The third-order valence-electron chi connectivity index (χ3n) is 4.81. The highest BCUT2D eigenvalue weighted by Gasteiger charge is 2.17. The van der Waals surface area contributed by atoms with Crippen molar-refractivity contribution in [3.8, 4) is 10.6 Å². The molecule has 0 fully saturated rings. The molecule has 0 amide bonds. The molecule has 1 N–H and O–H groups in total. The molecule has 3 aromatic carbocycles. The van der Waals surface area contributed by atoms with Crippen LogP contribution >= 0.6 is 22.9 Å². The van der Waals surface area contributed by atoms with Crippen molar-refractivity contribution < 1.29 is 12.8 Å². The van der Waals surface area contributed by atoms with E-state index in [1.165, 1.54) is 34.1 Å². The summed E-state index contributed by atoms with van der Waals surface area (Å²) >= 11 is 7.55. The molecule has 0 atom stereocenters. The summed E-state index contributed by atoms with van der Waals surface area (Å²) in [5, 5.41) is 1.47. The maximum Gasteiger partial charge on any atom is 0.419 e. The Morgan fingerprint density at radius 1 is 1.06 bits per heavy atom. The van der Waals surface area contributed by atoms with E-state index in [9.17, 15) is 13.2 Å². The highest BCUT2D eigenvalue weighted by molar-refractivity contribution is 7.92. The van der Waals surface area contributed by atoms with Crippen LogP contribution in [-0.2, 0) is 17.1 Å². The van der Waals surface area contributed by atoms with Crippen LogP contribution < -0.4 is 10.5 Å². The molecule has 0 aliphatic rings. The Morgan fingerprint density at radius 3 is 2.61 bits per heavy atom. The van der Waals surface area contributed by atoms with Crippen LogP contribution in [0.5, 0.6) is 0 Å². The average Bonchev–Trinajstić information content (AvgIpc) is 3.28. The van der Waals surface area contributed by atoms with E-state index in [-0.39, 0.29) is 10.5 Å². The minimum Gasteiger partial charge on any atom is -0.408 e.